The molecule has 1 N–H and O–H groups in total. The summed E-state index contributed by atoms with van der Waals surface area (Å²) in [4.78, 5) is 0. The predicted molar refractivity (Wildman–Crippen MR) is 84.1 cm³/mol. The minimum atomic E-state index is 0.309. The zero-order valence-electron chi connectivity index (χ0n) is 12.5. The standard InChI is InChI=1S/C18H21NO2/c1-13(14-7-9-16(20-2)10-8-14)19-11-15-12-21-18-6-4-3-5-17(15)18/h3-10,13,15,19H,11-12H2,1-2H3. The van der Waals surface area contributed by atoms with Gasteiger partial charge in [0, 0.05) is 24.1 Å². The first kappa shape index (κ1) is 14.0. The first-order chi connectivity index (χ1) is 10.3. The Labute approximate surface area is 125 Å². The van der Waals surface area contributed by atoms with Crippen LogP contribution < -0.4 is 14.8 Å². The van der Waals surface area contributed by atoms with Crippen molar-refractivity contribution >= 4 is 0 Å². The third-order valence-corrected chi connectivity index (χ3v) is 4.09. The molecule has 0 aliphatic carbocycles. The molecule has 0 bridgehead atoms. The normalized spacial score (nSPS) is 17.9. The van der Waals surface area contributed by atoms with Gasteiger partial charge in [-0.15, -0.1) is 0 Å². The summed E-state index contributed by atoms with van der Waals surface area (Å²) in [7, 11) is 1.69. The molecule has 2 unspecified atom stereocenters. The highest BCUT2D eigenvalue weighted by atomic mass is 16.5. The van der Waals surface area contributed by atoms with E-state index in [2.05, 4.69) is 36.5 Å². The highest BCUT2D eigenvalue weighted by molar-refractivity contribution is 5.39. The SMILES string of the molecule is COc1ccc(C(C)NCC2COc3ccccc32)cc1. The van der Waals surface area contributed by atoms with Gasteiger partial charge in [-0.25, -0.2) is 0 Å². The molecule has 110 valence electrons. The third-order valence-electron chi connectivity index (χ3n) is 4.09. The minimum Gasteiger partial charge on any atom is -0.497 e. The molecule has 0 aromatic heterocycles. The Hall–Kier alpha value is -2.00. The lowest BCUT2D eigenvalue weighted by atomic mass is 10.0. The van der Waals surface area contributed by atoms with Gasteiger partial charge in [-0.3, -0.25) is 0 Å². The van der Waals surface area contributed by atoms with Crippen molar-refractivity contribution in [1.29, 1.82) is 0 Å². The second kappa shape index (κ2) is 6.19. The lowest BCUT2D eigenvalue weighted by Crippen LogP contribution is -2.25. The molecule has 1 heterocycles. The van der Waals surface area contributed by atoms with E-state index in [1.54, 1.807) is 7.11 Å². The van der Waals surface area contributed by atoms with Gasteiger partial charge >= 0.3 is 0 Å². The van der Waals surface area contributed by atoms with Crippen LogP contribution in [0.5, 0.6) is 11.5 Å². The zero-order chi connectivity index (χ0) is 14.7. The third kappa shape index (κ3) is 3.03. The quantitative estimate of drug-likeness (QED) is 0.910. The molecule has 2 aromatic rings. The molecule has 2 aromatic carbocycles. The van der Waals surface area contributed by atoms with E-state index in [1.807, 2.05) is 24.3 Å². The number of rotatable bonds is 5. The van der Waals surface area contributed by atoms with Crippen molar-refractivity contribution in [3.63, 3.8) is 0 Å². The lowest BCUT2D eigenvalue weighted by molar-refractivity contribution is 0.323. The largest absolute Gasteiger partial charge is 0.497 e. The second-order valence-electron chi connectivity index (χ2n) is 5.45. The second-order valence-corrected chi connectivity index (χ2v) is 5.45. The molecule has 0 radical (unpaired) electrons. The molecule has 0 saturated carbocycles. The van der Waals surface area contributed by atoms with Gasteiger partial charge in [0.05, 0.1) is 13.7 Å². The molecule has 3 rings (SSSR count). The first-order valence-corrected chi connectivity index (χ1v) is 7.37. The molecular weight excluding hydrogens is 262 g/mol. The van der Waals surface area contributed by atoms with E-state index in [9.17, 15) is 0 Å². The molecule has 2 atom stereocenters. The van der Waals surface area contributed by atoms with Crippen LogP contribution in [-0.2, 0) is 0 Å². The monoisotopic (exact) mass is 283 g/mol. The summed E-state index contributed by atoms with van der Waals surface area (Å²) in [5.41, 5.74) is 2.58. The Balaban J connectivity index is 1.60. The van der Waals surface area contributed by atoms with Crippen molar-refractivity contribution in [3.05, 3.63) is 59.7 Å². The highest BCUT2D eigenvalue weighted by Gasteiger charge is 2.23. The number of hydrogen-bond donors (Lipinski definition) is 1. The molecule has 3 heteroatoms. The van der Waals surface area contributed by atoms with Gasteiger partial charge in [0.15, 0.2) is 0 Å². The van der Waals surface area contributed by atoms with E-state index < -0.39 is 0 Å². The summed E-state index contributed by atoms with van der Waals surface area (Å²) in [5, 5.41) is 3.60. The molecule has 3 nitrogen and oxygen atoms in total. The summed E-state index contributed by atoms with van der Waals surface area (Å²) >= 11 is 0. The van der Waals surface area contributed by atoms with Crippen molar-refractivity contribution < 1.29 is 9.47 Å². The zero-order valence-corrected chi connectivity index (χ0v) is 12.5. The van der Waals surface area contributed by atoms with E-state index in [1.165, 1.54) is 11.1 Å². The number of benzene rings is 2. The van der Waals surface area contributed by atoms with Gasteiger partial charge < -0.3 is 14.8 Å². The van der Waals surface area contributed by atoms with Crippen molar-refractivity contribution in [2.75, 3.05) is 20.3 Å². The molecule has 1 aliphatic rings. The maximum Gasteiger partial charge on any atom is 0.122 e. The molecule has 21 heavy (non-hydrogen) atoms. The van der Waals surface area contributed by atoms with Crippen LogP contribution in [0.25, 0.3) is 0 Å². The van der Waals surface area contributed by atoms with Crippen LogP contribution in [0, 0.1) is 0 Å². The van der Waals surface area contributed by atoms with Crippen molar-refractivity contribution in [2.45, 2.75) is 18.9 Å². The number of fused-ring (bicyclic) bond motifs is 1. The molecule has 1 aliphatic heterocycles. The molecule has 0 saturated heterocycles. The molecule has 0 fully saturated rings. The van der Waals surface area contributed by atoms with E-state index in [0.29, 0.717) is 12.0 Å². The summed E-state index contributed by atoms with van der Waals surface area (Å²) in [6.45, 7) is 3.87. The van der Waals surface area contributed by atoms with E-state index >= 15 is 0 Å². The maximum absolute atomic E-state index is 5.72. The Morgan fingerprint density at radius 3 is 2.71 bits per heavy atom. The van der Waals surface area contributed by atoms with E-state index in [-0.39, 0.29) is 0 Å². The van der Waals surface area contributed by atoms with E-state index in [0.717, 1.165) is 24.7 Å². The van der Waals surface area contributed by atoms with Crippen LogP contribution in [0.2, 0.25) is 0 Å². The molecule has 0 amide bonds. The fraction of sp³-hybridized carbons (Fsp3) is 0.333. The predicted octanol–water partition coefficient (Wildman–Crippen LogP) is 3.52. The summed E-state index contributed by atoms with van der Waals surface area (Å²) in [5.74, 6) is 2.35. The van der Waals surface area contributed by atoms with Crippen molar-refractivity contribution in [1.82, 2.24) is 5.32 Å². The number of nitrogens with one attached hydrogen (secondary N) is 1. The maximum atomic E-state index is 5.72. The van der Waals surface area contributed by atoms with Gasteiger partial charge in [-0.1, -0.05) is 30.3 Å². The number of para-hydroxylation sites is 1. The Kier molecular flexibility index (Phi) is 4.11. The van der Waals surface area contributed by atoms with Crippen LogP contribution >= 0.6 is 0 Å². The van der Waals surface area contributed by atoms with Gasteiger partial charge in [-0.05, 0) is 30.7 Å². The average Bonchev–Trinajstić information content (AvgIpc) is 2.96. The van der Waals surface area contributed by atoms with Crippen LogP contribution in [0.4, 0.5) is 0 Å². The van der Waals surface area contributed by atoms with Crippen molar-refractivity contribution in [3.8, 4) is 11.5 Å². The first-order valence-electron chi connectivity index (χ1n) is 7.37. The van der Waals surface area contributed by atoms with Gasteiger partial charge in [-0.2, -0.15) is 0 Å². The number of ether oxygens (including phenoxy) is 2. The highest BCUT2D eigenvalue weighted by Crippen LogP contribution is 2.33. The topological polar surface area (TPSA) is 30.5 Å². The average molecular weight is 283 g/mol. The lowest BCUT2D eigenvalue weighted by Gasteiger charge is -2.17. The van der Waals surface area contributed by atoms with Crippen LogP contribution in [0.15, 0.2) is 48.5 Å². The summed E-state index contributed by atoms with van der Waals surface area (Å²) < 4.78 is 10.9. The molecular formula is C18H21NO2. The number of hydrogen-bond acceptors (Lipinski definition) is 3. The fourth-order valence-corrected chi connectivity index (χ4v) is 2.73. The number of methoxy groups -OCH3 is 1. The Bertz CT molecular complexity index is 594. The summed E-state index contributed by atoms with van der Waals surface area (Å²) in [6.07, 6.45) is 0. The van der Waals surface area contributed by atoms with Gasteiger partial charge in [0.2, 0.25) is 0 Å². The van der Waals surface area contributed by atoms with Crippen LogP contribution in [-0.4, -0.2) is 20.3 Å². The Morgan fingerprint density at radius 2 is 1.95 bits per heavy atom. The summed E-state index contributed by atoms with van der Waals surface area (Å²) in [6, 6.07) is 16.8. The van der Waals surface area contributed by atoms with Gasteiger partial charge in [0.1, 0.15) is 11.5 Å². The van der Waals surface area contributed by atoms with E-state index in [4.69, 9.17) is 9.47 Å². The molecule has 0 spiro atoms. The van der Waals surface area contributed by atoms with Crippen LogP contribution in [0.3, 0.4) is 0 Å². The van der Waals surface area contributed by atoms with Crippen LogP contribution in [0.1, 0.15) is 30.0 Å². The fourth-order valence-electron chi connectivity index (χ4n) is 2.73. The van der Waals surface area contributed by atoms with Gasteiger partial charge in [0.25, 0.3) is 0 Å². The van der Waals surface area contributed by atoms with Crippen molar-refractivity contribution in [2.24, 2.45) is 0 Å². The minimum absolute atomic E-state index is 0.309. The Morgan fingerprint density at radius 1 is 1.19 bits per heavy atom. The smallest absolute Gasteiger partial charge is 0.122 e.